The van der Waals surface area contributed by atoms with Crippen molar-refractivity contribution in [3.05, 3.63) is 30.1 Å². The van der Waals surface area contributed by atoms with Crippen LogP contribution in [0.1, 0.15) is 6.92 Å². The highest BCUT2D eigenvalue weighted by molar-refractivity contribution is 7.89. The predicted octanol–water partition coefficient (Wildman–Crippen LogP) is 0.828. The van der Waals surface area contributed by atoms with E-state index in [9.17, 15) is 17.6 Å². The van der Waals surface area contributed by atoms with Gasteiger partial charge < -0.3 is 5.32 Å². The number of amides is 1. The number of piperidine rings is 1. The van der Waals surface area contributed by atoms with Crippen LogP contribution in [0.5, 0.6) is 0 Å². The zero-order valence-electron chi connectivity index (χ0n) is 11.6. The summed E-state index contributed by atoms with van der Waals surface area (Å²) < 4.78 is 40.2. The molecule has 2 saturated heterocycles. The minimum Gasteiger partial charge on any atom is -0.356 e. The summed E-state index contributed by atoms with van der Waals surface area (Å²) in [4.78, 5) is 11.4. The van der Waals surface area contributed by atoms with E-state index in [1.54, 1.807) is 0 Å². The van der Waals surface area contributed by atoms with Crippen molar-refractivity contribution in [2.45, 2.75) is 11.8 Å². The number of fused-ring (bicyclic) bond motifs is 1. The van der Waals surface area contributed by atoms with Gasteiger partial charge in [0.15, 0.2) is 0 Å². The van der Waals surface area contributed by atoms with Crippen LogP contribution in [-0.4, -0.2) is 38.3 Å². The zero-order chi connectivity index (χ0) is 15.2. The number of benzene rings is 1. The van der Waals surface area contributed by atoms with Gasteiger partial charge in [0.2, 0.25) is 15.9 Å². The lowest BCUT2D eigenvalue weighted by atomic mass is 9.81. The fraction of sp³-hybridized carbons (Fsp3) is 0.500. The number of carbonyl (C=O) groups excluding carboxylic acids is 1. The Morgan fingerprint density at radius 1 is 1.29 bits per heavy atom. The van der Waals surface area contributed by atoms with Gasteiger partial charge in [-0.15, -0.1) is 0 Å². The number of rotatable bonds is 2. The highest BCUT2D eigenvalue weighted by Crippen LogP contribution is 2.35. The standard InChI is InChI=1S/C14H17FN2O3S/c1-9-11-8-17(7-10(11)6-16-14(9)18)21(19,20)13-5-3-2-4-12(13)15/h2-5,9-11H,6-8H2,1H3,(H,16,18)/t9-,10-,11-/m1/s1. The van der Waals surface area contributed by atoms with Crippen molar-refractivity contribution in [1.29, 1.82) is 0 Å². The SMILES string of the molecule is C[C@H]1C(=O)NC[C@@H]2CN(S(=O)(=O)c3ccccc3F)C[C@@H]21. The number of carbonyl (C=O) groups is 1. The highest BCUT2D eigenvalue weighted by Gasteiger charge is 2.46. The number of sulfonamides is 1. The molecule has 1 aromatic carbocycles. The summed E-state index contributed by atoms with van der Waals surface area (Å²) in [5.41, 5.74) is 0. The van der Waals surface area contributed by atoms with Crippen molar-refractivity contribution in [3.8, 4) is 0 Å². The monoisotopic (exact) mass is 312 g/mol. The normalized spacial score (nSPS) is 30.0. The molecule has 0 saturated carbocycles. The molecule has 1 N–H and O–H groups in total. The minimum atomic E-state index is -3.85. The maximum atomic E-state index is 13.8. The van der Waals surface area contributed by atoms with E-state index in [4.69, 9.17) is 0 Å². The molecule has 3 atom stereocenters. The Morgan fingerprint density at radius 2 is 2.00 bits per heavy atom. The fourth-order valence-corrected chi connectivity index (χ4v) is 4.81. The second kappa shape index (κ2) is 5.06. The summed E-state index contributed by atoms with van der Waals surface area (Å²) in [5, 5.41) is 2.79. The highest BCUT2D eigenvalue weighted by atomic mass is 32.2. The third kappa shape index (κ3) is 2.34. The maximum Gasteiger partial charge on any atom is 0.246 e. The van der Waals surface area contributed by atoms with Crippen LogP contribution in [0, 0.1) is 23.6 Å². The number of nitrogens with zero attached hydrogens (tertiary/aromatic N) is 1. The summed E-state index contributed by atoms with van der Waals surface area (Å²) in [6, 6.07) is 5.39. The predicted molar refractivity (Wildman–Crippen MR) is 74.3 cm³/mol. The van der Waals surface area contributed by atoms with Gasteiger partial charge in [0.05, 0.1) is 0 Å². The van der Waals surface area contributed by atoms with E-state index in [-0.39, 0.29) is 35.1 Å². The second-order valence-electron chi connectivity index (χ2n) is 5.71. The summed E-state index contributed by atoms with van der Waals surface area (Å²) in [7, 11) is -3.85. The molecule has 1 amide bonds. The Balaban J connectivity index is 1.89. The molecule has 0 radical (unpaired) electrons. The van der Waals surface area contributed by atoms with Crippen molar-refractivity contribution in [1.82, 2.24) is 9.62 Å². The summed E-state index contributed by atoms with van der Waals surface area (Å²) in [6.45, 7) is 2.89. The Morgan fingerprint density at radius 3 is 2.71 bits per heavy atom. The van der Waals surface area contributed by atoms with Gasteiger partial charge in [-0.25, -0.2) is 12.8 Å². The molecule has 3 rings (SSSR count). The van der Waals surface area contributed by atoms with Gasteiger partial charge >= 0.3 is 0 Å². The van der Waals surface area contributed by atoms with Crippen LogP contribution in [-0.2, 0) is 14.8 Å². The van der Waals surface area contributed by atoms with Gasteiger partial charge in [-0.3, -0.25) is 4.79 Å². The molecule has 2 fully saturated rings. The molecule has 114 valence electrons. The van der Waals surface area contributed by atoms with Gasteiger partial charge in [0.1, 0.15) is 10.7 Å². The smallest absolute Gasteiger partial charge is 0.246 e. The molecule has 2 heterocycles. The van der Waals surface area contributed by atoms with Gasteiger partial charge in [0, 0.05) is 25.6 Å². The molecule has 7 heteroatoms. The van der Waals surface area contributed by atoms with Crippen LogP contribution < -0.4 is 5.32 Å². The van der Waals surface area contributed by atoms with Crippen molar-refractivity contribution in [3.63, 3.8) is 0 Å². The van der Waals surface area contributed by atoms with Crippen molar-refractivity contribution in [2.75, 3.05) is 19.6 Å². The molecule has 1 aromatic rings. The zero-order valence-corrected chi connectivity index (χ0v) is 12.4. The molecule has 0 unspecified atom stereocenters. The van der Waals surface area contributed by atoms with Crippen LogP contribution in [0.3, 0.4) is 0 Å². The Labute approximate surface area is 123 Å². The number of hydrogen-bond donors (Lipinski definition) is 1. The quantitative estimate of drug-likeness (QED) is 0.879. The Bertz CT molecular complexity index is 677. The third-order valence-corrected chi connectivity index (χ3v) is 6.37. The van der Waals surface area contributed by atoms with Gasteiger partial charge in [-0.05, 0) is 24.0 Å². The summed E-state index contributed by atoms with van der Waals surface area (Å²) in [6.07, 6.45) is 0. The van der Waals surface area contributed by atoms with Crippen LogP contribution in [0.25, 0.3) is 0 Å². The first-order valence-corrected chi connectivity index (χ1v) is 8.37. The van der Waals surface area contributed by atoms with Gasteiger partial charge in [-0.2, -0.15) is 4.31 Å². The average Bonchev–Trinajstić information content (AvgIpc) is 2.89. The van der Waals surface area contributed by atoms with Crippen LogP contribution in [0.4, 0.5) is 4.39 Å². The first kappa shape index (κ1) is 14.5. The molecule has 0 bridgehead atoms. The fourth-order valence-electron chi connectivity index (χ4n) is 3.21. The van der Waals surface area contributed by atoms with Crippen LogP contribution in [0.2, 0.25) is 0 Å². The van der Waals surface area contributed by atoms with E-state index < -0.39 is 15.8 Å². The lowest BCUT2D eigenvalue weighted by Crippen LogP contribution is -2.46. The molecular weight excluding hydrogens is 295 g/mol. The lowest BCUT2D eigenvalue weighted by molar-refractivity contribution is -0.128. The van der Waals surface area contributed by atoms with E-state index in [0.29, 0.717) is 13.1 Å². The maximum absolute atomic E-state index is 13.8. The number of hydrogen-bond acceptors (Lipinski definition) is 3. The lowest BCUT2D eigenvalue weighted by Gasteiger charge is -2.29. The molecule has 21 heavy (non-hydrogen) atoms. The first-order chi connectivity index (χ1) is 9.91. The van der Waals surface area contributed by atoms with Crippen LogP contribution in [0.15, 0.2) is 29.2 Å². The Hall–Kier alpha value is -1.47. The molecule has 2 aliphatic heterocycles. The van der Waals surface area contributed by atoms with E-state index in [2.05, 4.69) is 5.32 Å². The molecule has 0 aromatic heterocycles. The molecular formula is C14H17FN2O3S. The summed E-state index contributed by atoms with van der Waals surface area (Å²) >= 11 is 0. The molecule has 0 spiro atoms. The van der Waals surface area contributed by atoms with E-state index in [1.807, 2.05) is 6.92 Å². The topological polar surface area (TPSA) is 66.5 Å². The van der Waals surface area contributed by atoms with Gasteiger partial charge in [0.25, 0.3) is 0 Å². The number of nitrogens with one attached hydrogen (secondary N) is 1. The third-order valence-electron chi connectivity index (χ3n) is 4.51. The van der Waals surface area contributed by atoms with E-state index in [0.717, 1.165) is 6.07 Å². The van der Waals surface area contributed by atoms with Crippen molar-refractivity contribution < 1.29 is 17.6 Å². The van der Waals surface area contributed by atoms with E-state index >= 15 is 0 Å². The Kier molecular flexibility index (Phi) is 3.49. The number of halogens is 1. The van der Waals surface area contributed by atoms with Crippen molar-refractivity contribution in [2.24, 2.45) is 17.8 Å². The van der Waals surface area contributed by atoms with Crippen LogP contribution >= 0.6 is 0 Å². The van der Waals surface area contributed by atoms with Crippen molar-refractivity contribution >= 4 is 15.9 Å². The minimum absolute atomic E-state index is 0.000276. The molecule has 5 nitrogen and oxygen atoms in total. The molecule has 2 aliphatic rings. The van der Waals surface area contributed by atoms with E-state index in [1.165, 1.54) is 22.5 Å². The van der Waals surface area contributed by atoms with Gasteiger partial charge in [-0.1, -0.05) is 19.1 Å². The summed E-state index contributed by atoms with van der Waals surface area (Å²) in [5.74, 6) is -0.903. The average molecular weight is 312 g/mol. The first-order valence-electron chi connectivity index (χ1n) is 6.93. The second-order valence-corrected chi connectivity index (χ2v) is 7.62. The largest absolute Gasteiger partial charge is 0.356 e. The molecule has 0 aliphatic carbocycles.